The van der Waals surface area contributed by atoms with Gasteiger partial charge >= 0.3 is 11.9 Å². The van der Waals surface area contributed by atoms with Gasteiger partial charge < -0.3 is 9.84 Å². The lowest BCUT2D eigenvalue weighted by atomic mass is 9.83. The molecule has 2 rings (SSSR count). The number of ether oxygens (including phenoxy) is 1. The van der Waals surface area contributed by atoms with Gasteiger partial charge in [-0.2, -0.15) is 0 Å². The first-order valence-electron chi connectivity index (χ1n) is 5.97. The largest absolute Gasteiger partial charge is 0.481 e. The molecular weight excluding hydrogens is 232 g/mol. The second-order valence-electron chi connectivity index (χ2n) is 5.41. The van der Waals surface area contributed by atoms with Crippen molar-refractivity contribution in [1.82, 2.24) is 0 Å². The van der Waals surface area contributed by atoms with Gasteiger partial charge in [-0.3, -0.25) is 9.59 Å². The number of hydrogen-bond donors (Lipinski definition) is 1. The number of esters is 1. The van der Waals surface area contributed by atoms with Crippen molar-refractivity contribution in [3.05, 3.63) is 12.2 Å². The van der Waals surface area contributed by atoms with E-state index in [9.17, 15) is 14.7 Å². The Morgan fingerprint density at radius 2 is 1.89 bits per heavy atom. The molecule has 0 aliphatic heterocycles. The third-order valence-corrected chi connectivity index (χ3v) is 3.72. The summed E-state index contributed by atoms with van der Waals surface area (Å²) in [5.41, 5.74) is -0.994. The summed E-state index contributed by atoms with van der Waals surface area (Å²) in [6, 6.07) is 0. The van der Waals surface area contributed by atoms with Crippen molar-refractivity contribution in [3.8, 4) is 12.3 Å². The van der Waals surface area contributed by atoms with Crippen LogP contribution in [0.15, 0.2) is 12.2 Å². The molecule has 0 spiro atoms. The maximum Gasteiger partial charge on any atom is 0.311 e. The van der Waals surface area contributed by atoms with Crippen LogP contribution in [0.4, 0.5) is 0 Å². The molecule has 1 N–H and O–H groups in total. The summed E-state index contributed by atoms with van der Waals surface area (Å²) in [5.74, 6) is -0.433. The van der Waals surface area contributed by atoms with E-state index in [1.165, 1.54) is 0 Å². The van der Waals surface area contributed by atoms with Gasteiger partial charge in [0.1, 0.15) is 0 Å². The van der Waals surface area contributed by atoms with Crippen molar-refractivity contribution in [3.63, 3.8) is 0 Å². The second kappa shape index (κ2) is 4.16. The van der Waals surface area contributed by atoms with Gasteiger partial charge in [0.05, 0.1) is 11.8 Å². The van der Waals surface area contributed by atoms with Gasteiger partial charge in [-0.15, -0.1) is 6.42 Å². The van der Waals surface area contributed by atoms with E-state index in [4.69, 9.17) is 11.2 Å². The van der Waals surface area contributed by atoms with E-state index in [1.807, 2.05) is 12.2 Å². The Morgan fingerprint density at radius 3 is 2.39 bits per heavy atom. The number of carbonyl (C=O) groups is 2. The minimum Gasteiger partial charge on any atom is -0.481 e. The fourth-order valence-electron chi connectivity index (χ4n) is 2.83. The Bertz CT molecular complexity index is 455. The first kappa shape index (κ1) is 12.7. The van der Waals surface area contributed by atoms with Crippen molar-refractivity contribution in [2.24, 2.45) is 23.7 Å². The Hall–Kier alpha value is -1.76. The molecule has 0 heterocycles. The maximum absolute atomic E-state index is 12.1. The minimum atomic E-state index is -0.994. The molecule has 0 aromatic carbocycles. The molecule has 0 aromatic heterocycles. The molecule has 0 unspecified atom stereocenters. The number of carboxylic acids is 1. The highest BCUT2D eigenvalue weighted by Crippen LogP contribution is 2.48. The summed E-state index contributed by atoms with van der Waals surface area (Å²) >= 11 is 0. The van der Waals surface area contributed by atoms with Crippen molar-refractivity contribution in [1.29, 1.82) is 0 Å². The number of hydrogen-bond acceptors (Lipinski definition) is 3. The fraction of sp³-hybridized carbons (Fsp3) is 0.571. The molecule has 96 valence electrons. The number of aliphatic carboxylic acids is 1. The average molecular weight is 248 g/mol. The smallest absolute Gasteiger partial charge is 0.311 e. The predicted molar refractivity (Wildman–Crippen MR) is 64.4 cm³/mol. The zero-order valence-electron chi connectivity index (χ0n) is 10.4. The van der Waals surface area contributed by atoms with Crippen LogP contribution in [0, 0.1) is 36.0 Å². The number of carbonyl (C=O) groups excluding carboxylic acids is 1. The van der Waals surface area contributed by atoms with Crippen molar-refractivity contribution >= 4 is 11.9 Å². The maximum atomic E-state index is 12.1. The van der Waals surface area contributed by atoms with Crippen LogP contribution in [0.1, 0.15) is 20.3 Å². The van der Waals surface area contributed by atoms with Crippen molar-refractivity contribution < 1.29 is 19.4 Å². The zero-order valence-corrected chi connectivity index (χ0v) is 10.4. The molecule has 0 saturated heterocycles. The Kier molecular flexibility index (Phi) is 2.94. The van der Waals surface area contributed by atoms with Gasteiger partial charge in [-0.25, -0.2) is 0 Å². The predicted octanol–water partition coefficient (Wildman–Crippen LogP) is 1.46. The monoisotopic (exact) mass is 248 g/mol. The number of terminal acetylenes is 1. The highest BCUT2D eigenvalue weighted by molar-refractivity contribution is 5.83. The van der Waals surface area contributed by atoms with Gasteiger partial charge in [0.2, 0.25) is 0 Å². The summed E-state index contributed by atoms with van der Waals surface area (Å²) in [6.45, 7) is 3.23. The number of rotatable bonds is 3. The van der Waals surface area contributed by atoms with Gasteiger partial charge in [0, 0.05) is 0 Å². The summed E-state index contributed by atoms with van der Waals surface area (Å²) in [7, 11) is 0. The molecule has 0 aromatic rings. The van der Waals surface area contributed by atoms with Gasteiger partial charge in [0.25, 0.3) is 0 Å². The van der Waals surface area contributed by atoms with E-state index in [2.05, 4.69) is 5.92 Å². The van der Waals surface area contributed by atoms with E-state index in [0.717, 1.165) is 0 Å². The highest BCUT2D eigenvalue weighted by atomic mass is 16.6. The molecule has 2 aliphatic carbocycles. The van der Waals surface area contributed by atoms with Crippen LogP contribution < -0.4 is 0 Å². The Morgan fingerprint density at radius 1 is 1.33 bits per heavy atom. The van der Waals surface area contributed by atoms with Crippen LogP contribution in [-0.4, -0.2) is 22.6 Å². The minimum absolute atomic E-state index is 0.0304. The third-order valence-electron chi connectivity index (χ3n) is 3.72. The topological polar surface area (TPSA) is 63.6 Å². The van der Waals surface area contributed by atoms with Crippen molar-refractivity contribution in [2.45, 2.75) is 25.9 Å². The summed E-state index contributed by atoms with van der Waals surface area (Å²) in [4.78, 5) is 23.4. The molecule has 2 bridgehead atoms. The fourth-order valence-corrected chi connectivity index (χ4v) is 2.83. The SMILES string of the molecule is C#CC(C)(C)OC(=O)[C@H]1[C@H](C(=O)O)[C@H]2C=C[C@H]1C2. The lowest BCUT2D eigenvalue weighted by Gasteiger charge is -2.27. The molecule has 2 aliphatic rings. The second-order valence-corrected chi connectivity index (χ2v) is 5.41. The van der Waals surface area contributed by atoms with Gasteiger partial charge in [-0.05, 0) is 32.1 Å². The third kappa shape index (κ3) is 2.01. The number of fused-ring (bicyclic) bond motifs is 2. The van der Waals surface area contributed by atoms with Crippen molar-refractivity contribution in [2.75, 3.05) is 0 Å². The molecule has 0 amide bonds. The molecule has 18 heavy (non-hydrogen) atoms. The molecule has 4 atom stereocenters. The van der Waals surface area contributed by atoms with Gasteiger partial charge in [-0.1, -0.05) is 18.1 Å². The van der Waals surface area contributed by atoms with E-state index in [0.29, 0.717) is 6.42 Å². The molecule has 0 radical (unpaired) electrons. The number of allylic oxidation sites excluding steroid dienone is 2. The van der Waals surface area contributed by atoms with Crippen LogP contribution in [0.5, 0.6) is 0 Å². The lowest BCUT2D eigenvalue weighted by molar-refractivity contribution is -0.164. The molecular formula is C14H16O4. The van der Waals surface area contributed by atoms with Crippen LogP contribution in [0.25, 0.3) is 0 Å². The normalized spacial score (nSPS) is 33.2. The quantitative estimate of drug-likeness (QED) is 0.466. The first-order valence-corrected chi connectivity index (χ1v) is 5.97. The molecule has 4 heteroatoms. The average Bonchev–Trinajstić information content (AvgIpc) is 2.87. The molecule has 1 saturated carbocycles. The van der Waals surface area contributed by atoms with Gasteiger partial charge in [0.15, 0.2) is 5.60 Å². The lowest BCUT2D eigenvalue weighted by Crippen LogP contribution is -2.38. The number of carboxylic acid groups (broad SMARTS) is 1. The van der Waals surface area contributed by atoms with E-state index < -0.39 is 29.4 Å². The molecule has 4 nitrogen and oxygen atoms in total. The zero-order chi connectivity index (χ0) is 13.5. The summed E-state index contributed by atoms with van der Waals surface area (Å²) in [6.07, 6.45) is 9.79. The van der Waals surface area contributed by atoms with E-state index >= 15 is 0 Å². The Balaban J connectivity index is 2.18. The molecule has 1 fully saturated rings. The summed E-state index contributed by atoms with van der Waals surface area (Å²) in [5, 5.41) is 9.23. The van der Waals surface area contributed by atoms with E-state index in [-0.39, 0.29) is 11.8 Å². The highest BCUT2D eigenvalue weighted by Gasteiger charge is 2.53. The summed E-state index contributed by atoms with van der Waals surface area (Å²) < 4.78 is 5.23. The van der Waals surface area contributed by atoms with Crippen LogP contribution in [-0.2, 0) is 14.3 Å². The van der Waals surface area contributed by atoms with Crippen LogP contribution >= 0.6 is 0 Å². The van der Waals surface area contributed by atoms with E-state index in [1.54, 1.807) is 13.8 Å². The van der Waals surface area contributed by atoms with Crippen LogP contribution in [0.2, 0.25) is 0 Å². The first-order chi connectivity index (χ1) is 8.35. The Labute approximate surface area is 106 Å². The standard InChI is InChI=1S/C14H16O4/c1-4-14(2,3)18-13(17)11-9-6-5-8(7-9)10(11)12(15)16/h1,5-6,8-11H,7H2,2-3H3,(H,15,16)/t8-,9-,10+,11+/m0/s1. The van der Waals surface area contributed by atoms with Crippen LogP contribution in [0.3, 0.4) is 0 Å².